The Morgan fingerprint density at radius 1 is 1.17 bits per heavy atom. The van der Waals surface area contributed by atoms with Gasteiger partial charge in [-0.05, 0) is 43.7 Å². The number of halogens is 4. The van der Waals surface area contributed by atoms with E-state index in [0.29, 0.717) is 0 Å². The molecule has 0 radical (unpaired) electrons. The second kappa shape index (κ2) is 9.35. The van der Waals surface area contributed by atoms with Gasteiger partial charge < -0.3 is 19.5 Å². The summed E-state index contributed by atoms with van der Waals surface area (Å²) in [5, 5.41) is 20.0. The van der Waals surface area contributed by atoms with Gasteiger partial charge in [0.15, 0.2) is 5.60 Å². The normalized spacial score (nSPS) is 14.3. The van der Waals surface area contributed by atoms with Crippen LogP contribution in [0.15, 0.2) is 47.4 Å². The number of benzene rings is 1. The maximum absolute atomic E-state index is 14.3. The van der Waals surface area contributed by atoms with Crippen LogP contribution in [0.5, 0.6) is 11.6 Å². The fourth-order valence-electron chi connectivity index (χ4n) is 3.83. The molecule has 7 nitrogen and oxygen atoms in total. The molecule has 0 fully saturated rings. The van der Waals surface area contributed by atoms with Crippen LogP contribution in [0.1, 0.15) is 45.6 Å². The summed E-state index contributed by atoms with van der Waals surface area (Å²) in [4.78, 5) is 27.2. The quantitative estimate of drug-likeness (QED) is 0.479. The third kappa shape index (κ3) is 4.89. The Morgan fingerprint density at radius 2 is 1.83 bits per heavy atom. The van der Waals surface area contributed by atoms with Gasteiger partial charge in [0, 0.05) is 41.4 Å². The van der Waals surface area contributed by atoms with Gasteiger partial charge in [-0.3, -0.25) is 4.79 Å². The zero-order valence-electron chi connectivity index (χ0n) is 19.1. The van der Waals surface area contributed by atoms with Crippen molar-refractivity contribution in [2.24, 2.45) is 7.05 Å². The summed E-state index contributed by atoms with van der Waals surface area (Å²) < 4.78 is 49.3. The van der Waals surface area contributed by atoms with E-state index in [0.717, 1.165) is 16.8 Å². The number of pyridine rings is 2. The van der Waals surface area contributed by atoms with Crippen LogP contribution in [0.3, 0.4) is 0 Å². The summed E-state index contributed by atoms with van der Waals surface area (Å²) in [5.74, 6) is -2.49. The molecule has 0 aliphatic heterocycles. The molecule has 2 N–H and O–H groups in total. The number of aromatic nitrogens is 2. The molecular weight excluding hydrogens is 489 g/mol. The molecule has 1 aromatic carbocycles. The molecule has 11 heteroatoms. The smallest absolute Gasteiger partial charge is 0.422 e. The third-order valence-electron chi connectivity index (χ3n) is 5.81. The lowest BCUT2D eigenvalue weighted by atomic mass is 9.78. The van der Waals surface area contributed by atoms with Crippen molar-refractivity contribution in [1.82, 2.24) is 9.55 Å². The van der Waals surface area contributed by atoms with E-state index < -0.39 is 34.8 Å². The highest BCUT2D eigenvalue weighted by molar-refractivity contribution is 6.31. The zero-order chi connectivity index (χ0) is 26.3. The number of ether oxygens (including phenoxy) is 1. The SMILES string of the molecule is Cc1nc(Oc2ccc([C@H](C)[C@](O)(c3cc(C)c(=O)n(C)c3)C(F)(F)F)c(Cl)c2)ccc1C(=O)O. The number of nitrogens with zero attached hydrogens (tertiary/aromatic N) is 2. The summed E-state index contributed by atoms with van der Waals surface area (Å²) >= 11 is 6.31. The van der Waals surface area contributed by atoms with Crippen molar-refractivity contribution in [3.8, 4) is 11.6 Å². The predicted octanol–water partition coefficient (Wildman–Crippen LogP) is 5.09. The van der Waals surface area contributed by atoms with Crippen molar-refractivity contribution >= 4 is 17.6 Å². The number of hydrogen-bond acceptors (Lipinski definition) is 5. The second-order valence-corrected chi connectivity index (χ2v) is 8.59. The second-order valence-electron chi connectivity index (χ2n) is 8.19. The summed E-state index contributed by atoms with van der Waals surface area (Å²) in [6.07, 6.45) is -4.14. The van der Waals surface area contributed by atoms with E-state index in [-0.39, 0.29) is 39.0 Å². The molecule has 0 amide bonds. The van der Waals surface area contributed by atoms with Crippen LogP contribution in [-0.2, 0) is 12.6 Å². The highest BCUT2D eigenvalue weighted by Crippen LogP contribution is 2.50. The van der Waals surface area contributed by atoms with Crippen molar-refractivity contribution in [1.29, 1.82) is 0 Å². The standard InChI is InChI=1S/C24H22ClF3N2O5/c1-12-9-15(11-30(4)21(12)31)23(34,24(26,27)28)13(2)17-6-5-16(10-19(17)25)35-20-8-7-18(22(32)33)14(3)29-20/h5-11,13,34H,1-4H3,(H,32,33)/t13-,23-/m0/s1. The van der Waals surface area contributed by atoms with Crippen molar-refractivity contribution in [3.05, 3.63) is 85.9 Å². The van der Waals surface area contributed by atoms with Gasteiger partial charge in [-0.15, -0.1) is 0 Å². The molecule has 0 spiro atoms. The molecule has 0 unspecified atom stereocenters. The molecule has 2 heterocycles. The van der Waals surface area contributed by atoms with E-state index in [1.807, 2.05) is 0 Å². The Balaban J connectivity index is 2.00. The highest BCUT2D eigenvalue weighted by Gasteiger charge is 2.59. The first-order valence-electron chi connectivity index (χ1n) is 10.3. The number of aliphatic hydroxyl groups is 1. The fourth-order valence-corrected chi connectivity index (χ4v) is 4.17. The Bertz CT molecular complexity index is 1330. The molecule has 35 heavy (non-hydrogen) atoms. The van der Waals surface area contributed by atoms with E-state index in [9.17, 15) is 27.9 Å². The number of carboxylic acids is 1. The Labute approximate surface area is 203 Å². The maximum atomic E-state index is 14.3. The maximum Gasteiger partial charge on any atom is 0.422 e. The fraction of sp³-hybridized carbons (Fsp3) is 0.292. The van der Waals surface area contributed by atoms with E-state index in [2.05, 4.69) is 4.98 Å². The van der Waals surface area contributed by atoms with Gasteiger partial charge in [0.1, 0.15) is 5.75 Å². The average molecular weight is 511 g/mol. The van der Waals surface area contributed by atoms with Gasteiger partial charge in [-0.2, -0.15) is 13.2 Å². The molecule has 2 atom stereocenters. The van der Waals surface area contributed by atoms with Gasteiger partial charge in [0.2, 0.25) is 5.88 Å². The van der Waals surface area contributed by atoms with E-state index in [1.165, 1.54) is 58.2 Å². The first-order valence-corrected chi connectivity index (χ1v) is 10.7. The number of aryl methyl sites for hydroxylation is 3. The molecular formula is C24H22ClF3N2O5. The Kier molecular flexibility index (Phi) is 7.01. The molecule has 0 aliphatic carbocycles. The van der Waals surface area contributed by atoms with Crippen LogP contribution in [0, 0.1) is 13.8 Å². The van der Waals surface area contributed by atoms with Gasteiger partial charge in [0.05, 0.1) is 11.3 Å². The Hall–Kier alpha value is -3.37. The molecule has 3 rings (SSSR count). The van der Waals surface area contributed by atoms with Crippen LogP contribution in [0.25, 0.3) is 0 Å². The van der Waals surface area contributed by atoms with Crippen LogP contribution in [-0.4, -0.2) is 31.9 Å². The van der Waals surface area contributed by atoms with Gasteiger partial charge >= 0.3 is 12.1 Å². The van der Waals surface area contributed by atoms with Crippen LogP contribution < -0.4 is 10.3 Å². The first-order chi connectivity index (χ1) is 16.2. The number of aromatic carboxylic acids is 1. The van der Waals surface area contributed by atoms with Gasteiger partial charge in [0.25, 0.3) is 5.56 Å². The molecule has 3 aromatic rings. The number of carboxylic acid groups (broad SMARTS) is 1. The third-order valence-corrected chi connectivity index (χ3v) is 6.14. The van der Waals surface area contributed by atoms with E-state index in [4.69, 9.17) is 21.4 Å². The summed E-state index contributed by atoms with van der Waals surface area (Å²) in [5.41, 5.74) is -4.06. The lowest BCUT2D eigenvalue weighted by Crippen LogP contribution is -2.47. The molecule has 0 saturated heterocycles. The van der Waals surface area contributed by atoms with Crippen molar-refractivity contribution in [2.75, 3.05) is 0 Å². The number of alkyl halides is 3. The van der Waals surface area contributed by atoms with Crippen molar-refractivity contribution in [3.63, 3.8) is 0 Å². The van der Waals surface area contributed by atoms with Gasteiger partial charge in [-0.1, -0.05) is 24.6 Å². The van der Waals surface area contributed by atoms with Crippen LogP contribution in [0.2, 0.25) is 5.02 Å². The highest BCUT2D eigenvalue weighted by atomic mass is 35.5. The van der Waals surface area contributed by atoms with Crippen LogP contribution >= 0.6 is 11.6 Å². The largest absolute Gasteiger partial charge is 0.478 e. The molecule has 2 aromatic heterocycles. The number of carbonyl (C=O) groups is 1. The zero-order valence-corrected chi connectivity index (χ0v) is 19.9. The molecule has 0 bridgehead atoms. The molecule has 0 saturated carbocycles. The predicted molar refractivity (Wildman–Crippen MR) is 122 cm³/mol. The lowest BCUT2D eigenvalue weighted by molar-refractivity contribution is -0.274. The Morgan fingerprint density at radius 3 is 2.34 bits per heavy atom. The topological polar surface area (TPSA) is 102 Å². The van der Waals surface area contributed by atoms with E-state index in [1.54, 1.807) is 0 Å². The summed E-state index contributed by atoms with van der Waals surface area (Å²) in [6.45, 7) is 4.05. The minimum Gasteiger partial charge on any atom is -0.478 e. The number of hydrogen-bond donors (Lipinski definition) is 2. The minimum atomic E-state index is -5.10. The minimum absolute atomic E-state index is 0.000333. The van der Waals surface area contributed by atoms with Crippen LogP contribution in [0.4, 0.5) is 13.2 Å². The lowest BCUT2D eigenvalue weighted by Gasteiger charge is -2.37. The van der Waals surface area contributed by atoms with Crippen molar-refractivity contribution in [2.45, 2.75) is 38.5 Å². The molecule has 0 aliphatic rings. The molecule has 186 valence electrons. The average Bonchev–Trinajstić information content (AvgIpc) is 2.75. The van der Waals surface area contributed by atoms with E-state index >= 15 is 0 Å². The van der Waals surface area contributed by atoms with Gasteiger partial charge in [-0.25, -0.2) is 9.78 Å². The number of rotatable bonds is 6. The van der Waals surface area contributed by atoms with Crippen molar-refractivity contribution < 1.29 is 32.9 Å². The summed E-state index contributed by atoms with van der Waals surface area (Å²) in [7, 11) is 1.30. The first kappa shape index (κ1) is 26.2. The monoisotopic (exact) mass is 510 g/mol. The summed E-state index contributed by atoms with van der Waals surface area (Å²) in [6, 6.07) is 7.61.